The Morgan fingerprint density at radius 2 is 1.86 bits per heavy atom. The first-order valence-corrected chi connectivity index (χ1v) is 10.5. The van der Waals surface area contributed by atoms with Crippen molar-refractivity contribution in [3.8, 4) is 12.1 Å². The van der Waals surface area contributed by atoms with Gasteiger partial charge in [0.2, 0.25) is 0 Å². The predicted octanol–water partition coefficient (Wildman–Crippen LogP) is 3.62. The van der Waals surface area contributed by atoms with E-state index in [1.165, 1.54) is 0 Å². The highest BCUT2D eigenvalue weighted by atomic mass is 32.2. The molecule has 6 heteroatoms. The van der Waals surface area contributed by atoms with Gasteiger partial charge in [-0.1, -0.05) is 31.2 Å². The van der Waals surface area contributed by atoms with Crippen LogP contribution < -0.4 is 4.90 Å². The standard InChI is InChI=1S/C22H24N5S/c1-3-18-19(14-23)21(27-11-7-10-26(2)12-13-27)25-22(20(18)15-24)28-16-17-8-5-4-6-9-17/h5-6,8-9H,3,7,10-13,16H2,1-2H3. The second kappa shape index (κ2) is 9.59. The lowest BCUT2D eigenvalue weighted by Crippen LogP contribution is -2.30. The number of pyridine rings is 1. The molecule has 0 spiro atoms. The van der Waals surface area contributed by atoms with Gasteiger partial charge in [0.15, 0.2) is 0 Å². The van der Waals surface area contributed by atoms with Gasteiger partial charge >= 0.3 is 0 Å². The van der Waals surface area contributed by atoms with Crippen molar-refractivity contribution in [3.05, 3.63) is 52.6 Å². The zero-order chi connectivity index (χ0) is 19.9. The Balaban J connectivity index is 2.01. The van der Waals surface area contributed by atoms with Crippen LogP contribution in [0.5, 0.6) is 0 Å². The van der Waals surface area contributed by atoms with E-state index in [9.17, 15) is 10.5 Å². The van der Waals surface area contributed by atoms with Crippen molar-refractivity contribution in [2.75, 3.05) is 38.1 Å². The molecule has 0 aliphatic carbocycles. The summed E-state index contributed by atoms with van der Waals surface area (Å²) in [5, 5.41) is 20.4. The summed E-state index contributed by atoms with van der Waals surface area (Å²) in [4.78, 5) is 9.36. The molecule has 1 saturated heterocycles. The highest BCUT2D eigenvalue weighted by Crippen LogP contribution is 2.33. The van der Waals surface area contributed by atoms with E-state index < -0.39 is 0 Å². The molecule has 0 saturated carbocycles. The minimum Gasteiger partial charge on any atom is -0.354 e. The van der Waals surface area contributed by atoms with E-state index in [-0.39, 0.29) is 0 Å². The van der Waals surface area contributed by atoms with E-state index >= 15 is 0 Å². The smallest absolute Gasteiger partial charge is 0.148 e. The summed E-state index contributed by atoms with van der Waals surface area (Å²) in [6.07, 6.45) is 1.68. The van der Waals surface area contributed by atoms with Gasteiger partial charge < -0.3 is 9.80 Å². The van der Waals surface area contributed by atoms with Crippen molar-refractivity contribution in [1.29, 1.82) is 10.5 Å². The quantitative estimate of drug-likeness (QED) is 0.727. The zero-order valence-electron chi connectivity index (χ0n) is 16.4. The van der Waals surface area contributed by atoms with E-state index in [4.69, 9.17) is 4.98 Å². The van der Waals surface area contributed by atoms with Crippen LogP contribution in [0.2, 0.25) is 0 Å². The van der Waals surface area contributed by atoms with Gasteiger partial charge in [0.1, 0.15) is 23.0 Å². The number of benzene rings is 1. The number of rotatable bonds is 5. The Kier molecular flexibility index (Phi) is 6.92. The number of nitriles is 2. The van der Waals surface area contributed by atoms with Crippen LogP contribution in [0.3, 0.4) is 0 Å². The van der Waals surface area contributed by atoms with Gasteiger partial charge in [0, 0.05) is 25.4 Å². The fourth-order valence-electron chi connectivity index (χ4n) is 3.44. The Hall–Kier alpha value is -2.54. The summed E-state index contributed by atoms with van der Waals surface area (Å²) >= 11 is 1.56. The zero-order valence-corrected chi connectivity index (χ0v) is 17.2. The summed E-state index contributed by atoms with van der Waals surface area (Å²) in [5.41, 5.74) is 3.08. The van der Waals surface area contributed by atoms with Gasteiger partial charge in [-0.05, 0) is 43.6 Å². The molecule has 143 valence electrons. The Morgan fingerprint density at radius 3 is 2.54 bits per heavy atom. The first-order chi connectivity index (χ1) is 13.7. The first-order valence-electron chi connectivity index (χ1n) is 9.56. The first kappa shape index (κ1) is 20.2. The molecule has 0 unspecified atom stereocenters. The van der Waals surface area contributed by atoms with Crippen LogP contribution in [0.1, 0.15) is 35.6 Å². The average Bonchev–Trinajstić information content (AvgIpc) is 2.95. The van der Waals surface area contributed by atoms with Crippen LogP contribution in [0.15, 0.2) is 29.3 Å². The molecule has 1 aromatic heterocycles. The normalized spacial score (nSPS) is 14.9. The summed E-state index contributed by atoms with van der Waals surface area (Å²) in [6, 6.07) is 15.5. The maximum Gasteiger partial charge on any atom is 0.148 e. The topological polar surface area (TPSA) is 67.0 Å². The number of hydrogen-bond donors (Lipinski definition) is 0. The number of nitrogens with zero attached hydrogens (tertiary/aromatic N) is 5. The average molecular weight is 391 g/mol. The summed E-state index contributed by atoms with van der Waals surface area (Å²) < 4.78 is 0. The Morgan fingerprint density at radius 1 is 1.11 bits per heavy atom. The monoisotopic (exact) mass is 390 g/mol. The van der Waals surface area contributed by atoms with E-state index in [1.54, 1.807) is 11.8 Å². The van der Waals surface area contributed by atoms with Crippen molar-refractivity contribution in [3.63, 3.8) is 0 Å². The van der Waals surface area contributed by atoms with Gasteiger partial charge in [-0.2, -0.15) is 10.5 Å². The van der Waals surface area contributed by atoms with E-state index in [2.05, 4.69) is 35.1 Å². The second-order valence-corrected chi connectivity index (χ2v) is 7.85. The van der Waals surface area contributed by atoms with Gasteiger partial charge in [0.25, 0.3) is 0 Å². The van der Waals surface area contributed by atoms with Crippen LogP contribution in [0.4, 0.5) is 5.82 Å². The molecule has 1 aliphatic rings. The van der Waals surface area contributed by atoms with Gasteiger partial charge in [-0.25, -0.2) is 4.98 Å². The molecule has 1 aromatic carbocycles. The summed E-state index contributed by atoms with van der Waals surface area (Å²) in [5.74, 6) is 1.46. The molecule has 3 rings (SSSR count). The van der Waals surface area contributed by atoms with Crippen LogP contribution in [0.25, 0.3) is 0 Å². The Labute approximate surface area is 171 Å². The molecule has 2 aromatic rings. The third-order valence-electron chi connectivity index (χ3n) is 5.01. The van der Waals surface area contributed by atoms with E-state index in [1.807, 2.05) is 31.2 Å². The molecule has 5 nitrogen and oxygen atoms in total. The lowest BCUT2D eigenvalue weighted by molar-refractivity contribution is 0.360. The number of likely N-dealkylation sites (N-methyl/N-ethyl adjacent to an activating group) is 1. The number of hydrogen-bond acceptors (Lipinski definition) is 6. The molecule has 2 heterocycles. The van der Waals surface area contributed by atoms with Crippen molar-refractivity contribution < 1.29 is 0 Å². The van der Waals surface area contributed by atoms with Crippen molar-refractivity contribution in [1.82, 2.24) is 9.88 Å². The summed E-state index contributed by atoms with van der Waals surface area (Å²) in [7, 11) is 2.12. The third-order valence-corrected chi connectivity index (χ3v) is 6.05. The second-order valence-electron chi connectivity index (χ2n) is 6.89. The predicted molar refractivity (Wildman–Crippen MR) is 112 cm³/mol. The van der Waals surface area contributed by atoms with Crippen LogP contribution in [-0.2, 0) is 12.2 Å². The van der Waals surface area contributed by atoms with Crippen molar-refractivity contribution in [2.24, 2.45) is 0 Å². The molecule has 1 fully saturated rings. The minimum atomic E-state index is 0.544. The van der Waals surface area contributed by atoms with Crippen molar-refractivity contribution in [2.45, 2.75) is 30.5 Å². The van der Waals surface area contributed by atoms with Crippen LogP contribution >= 0.6 is 11.8 Å². The number of thioether (sulfide) groups is 1. The lowest BCUT2D eigenvalue weighted by atomic mass is 10.0. The minimum absolute atomic E-state index is 0.544. The van der Waals surface area contributed by atoms with Crippen LogP contribution in [0, 0.1) is 28.7 Å². The van der Waals surface area contributed by atoms with Crippen molar-refractivity contribution >= 4 is 17.6 Å². The molecular formula is C22H24N5S. The Bertz CT molecular complexity index is 898. The molecule has 1 radical (unpaired) electrons. The largest absolute Gasteiger partial charge is 0.354 e. The molecule has 0 amide bonds. The van der Waals surface area contributed by atoms with Gasteiger partial charge in [-0.15, -0.1) is 11.8 Å². The van der Waals surface area contributed by atoms with Gasteiger partial charge in [0.05, 0.1) is 11.1 Å². The molecule has 1 aliphatic heterocycles. The number of aromatic nitrogens is 1. The molecular weight excluding hydrogens is 366 g/mol. The van der Waals surface area contributed by atoms with E-state index in [0.29, 0.717) is 17.5 Å². The third kappa shape index (κ3) is 4.47. The fourth-order valence-corrected chi connectivity index (χ4v) is 4.40. The van der Waals surface area contributed by atoms with Gasteiger partial charge in [-0.3, -0.25) is 0 Å². The number of anilines is 1. The van der Waals surface area contributed by atoms with Crippen LogP contribution in [-0.4, -0.2) is 43.1 Å². The molecule has 0 bridgehead atoms. The maximum atomic E-state index is 9.86. The van der Waals surface area contributed by atoms with E-state index in [0.717, 1.165) is 60.3 Å². The highest BCUT2D eigenvalue weighted by molar-refractivity contribution is 7.98. The lowest BCUT2D eigenvalue weighted by Gasteiger charge is -2.25. The summed E-state index contributed by atoms with van der Waals surface area (Å²) in [6.45, 7) is 5.70. The molecule has 28 heavy (non-hydrogen) atoms. The highest BCUT2D eigenvalue weighted by Gasteiger charge is 2.24. The molecule has 0 N–H and O–H groups in total. The maximum absolute atomic E-state index is 9.86. The molecule has 0 atom stereocenters. The SMILES string of the molecule is CCc1c(C#N)c(SCc2cc[c]cc2)nc(N2CCCN(C)CC2)c1C#N. The fraction of sp³-hybridized carbons (Fsp3) is 0.409.